The standard InChI is InChI=1S/C14H17NO5/c1-18-11-5-3-4-10(14(17)19-2)13(11)20-8-9-6-7-12(16)15-9/h3-5,9H,6-8H2,1-2H3,(H,15,16). The average molecular weight is 279 g/mol. The van der Waals surface area contributed by atoms with Crippen LogP contribution in [0.2, 0.25) is 0 Å². The monoisotopic (exact) mass is 279 g/mol. The van der Waals surface area contributed by atoms with Crippen molar-refractivity contribution in [1.82, 2.24) is 5.32 Å². The number of benzene rings is 1. The number of carbonyl (C=O) groups is 2. The second-order valence-electron chi connectivity index (χ2n) is 4.44. The molecule has 1 unspecified atom stereocenters. The van der Waals surface area contributed by atoms with E-state index < -0.39 is 5.97 Å². The van der Waals surface area contributed by atoms with Crippen molar-refractivity contribution in [3.05, 3.63) is 23.8 Å². The largest absolute Gasteiger partial charge is 0.493 e. The molecular weight excluding hydrogens is 262 g/mol. The SMILES string of the molecule is COC(=O)c1cccc(OC)c1OCC1CCC(=O)N1. The maximum atomic E-state index is 11.7. The van der Waals surface area contributed by atoms with Crippen molar-refractivity contribution in [3.63, 3.8) is 0 Å². The van der Waals surface area contributed by atoms with Crippen LogP contribution < -0.4 is 14.8 Å². The van der Waals surface area contributed by atoms with Crippen LogP contribution in [0.4, 0.5) is 0 Å². The van der Waals surface area contributed by atoms with Gasteiger partial charge in [0.1, 0.15) is 12.2 Å². The Kier molecular flexibility index (Phi) is 4.45. The highest BCUT2D eigenvalue weighted by molar-refractivity contribution is 5.93. The van der Waals surface area contributed by atoms with Gasteiger partial charge in [-0.3, -0.25) is 4.79 Å². The van der Waals surface area contributed by atoms with Crippen molar-refractivity contribution in [2.75, 3.05) is 20.8 Å². The molecule has 1 amide bonds. The topological polar surface area (TPSA) is 73.9 Å². The minimum absolute atomic E-state index is 0.0202. The zero-order valence-electron chi connectivity index (χ0n) is 11.5. The molecule has 0 radical (unpaired) electrons. The Morgan fingerprint density at radius 2 is 2.20 bits per heavy atom. The minimum atomic E-state index is -0.491. The number of methoxy groups -OCH3 is 2. The molecule has 6 nitrogen and oxygen atoms in total. The summed E-state index contributed by atoms with van der Waals surface area (Å²) in [6.45, 7) is 0.288. The summed E-state index contributed by atoms with van der Waals surface area (Å²) in [5.41, 5.74) is 0.302. The van der Waals surface area contributed by atoms with E-state index in [-0.39, 0.29) is 18.6 Å². The second-order valence-corrected chi connectivity index (χ2v) is 4.44. The lowest BCUT2D eigenvalue weighted by molar-refractivity contribution is -0.119. The van der Waals surface area contributed by atoms with Crippen LogP contribution in [0.15, 0.2) is 18.2 Å². The van der Waals surface area contributed by atoms with E-state index in [0.29, 0.717) is 23.5 Å². The molecule has 0 saturated carbocycles. The first-order valence-corrected chi connectivity index (χ1v) is 6.33. The van der Waals surface area contributed by atoms with Gasteiger partial charge < -0.3 is 19.5 Å². The molecule has 1 N–H and O–H groups in total. The van der Waals surface area contributed by atoms with Gasteiger partial charge in [0.25, 0.3) is 0 Å². The molecule has 20 heavy (non-hydrogen) atoms. The van der Waals surface area contributed by atoms with Crippen LogP contribution >= 0.6 is 0 Å². The van der Waals surface area contributed by atoms with Gasteiger partial charge in [-0.05, 0) is 18.6 Å². The van der Waals surface area contributed by atoms with E-state index in [1.807, 2.05) is 0 Å². The first-order valence-electron chi connectivity index (χ1n) is 6.33. The van der Waals surface area contributed by atoms with E-state index in [4.69, 9.17) is 14.2 Å². The number of hydrogen-bond acceptors (Lipinski definition) is 5. The fourth-order valence-corrected chi connectivity index (χ4v) is 2.08. The molecule has 0 bridgehead atoms. The molecule has 6 heteroatoms. The maximum absolute atomic E-state index is 11.7. The number of esters is 1. The molecule has 1 aromatic carbocycles. The van der Waals surface area contributed by atoms with Gasteiger partial charge in [-0.2, -0.15) is 0 Å². The van der Waals surface area contributed by atoms with E-state index in [1.54, 1.807) is 18.2 Å². The van der Waals surface area contributed by atoms with Gasteiger partial charge in [0.15, 0.2) is 11.5 Å². The molecule has 0 spiro atoms. The Morgan fingerprint density at radius 3 is 2.80 bits per heavy atom. The molecule has 1 fully saturated rings. The van der Waals surface area contributed by atoms with E-state index in [2.05, 4.69) is 5.32 Å². The summed E-state index contributed by atoms with van der Waals surface area (Å²) >= 11 is 0. The summed E-state index contributed by atoms with van der Waals surface area (Å²) in [6, 6.07) is 4.96. The van der Waals surface area contributed by atoms with E-state index in [9.17, 15) is 9.59 Å². The van der Waals surface area contributed by atoms with Crippen molar-refractivity contribution < 1.29 is 23.8 Å². The summed E-state index contributed by atoms with van der Waals surface area (Å²) in [5, 5.41) is 2.80. The van der Waals surface area contributed by atoms with Crippen LogP contribution in [0.1, 0.15) is 23.2 Å². The molecule has 1 atom stereocenters. The number of carbonyl (C=O) groups excluding carboxylic acids is 2. The first-order chi connectivity index (χ1) is 9.65. The number of nitrogens with one attached hydrogen (secondary N) is 1. The molecule has 1 heterocycles. The zero-order chi connectivity index (χ0) is 14.5. The van der Waals surface area contributed by atoms with Crippen molar-refractivity contribution in [1.29, 1.82) is 0 Å². The third-order valence-corrected chi connectivity index (χ3v) is 3.12. The highest BCUT2D eigenvalue weighted by atomic mass is 16.5. The predicted octanol–water partition coefficient (Wildman–Crippen LogP) is 1.14. The molecule has 1 aliphatic heterocycles. The lowest BCUT2D eigenvalue weighted by atomic mass is 10.2. The smallest absolute Gasteiger partial charge is 0.341 e. The van der Waals surface area contributed by atoms with Crippen LogP contribution in [-0.2, 0) is 9.53 Å². The van der Waals surface area contributed by atoms with Gasteiger partial charge in [-0.25, -0.2) is 4.79 Å². The number of ether oxygens (including phenoxy) is 3. The van der Waals surface area contributed by atoms with Gasteiger partial charge in [-0.15, -0.1) is 0 Å². The molecule has 1 saturated heterocycles. The molecule has 1 aliphatic rings. The lowest BCUT2D eigenvalue weighted by Gasteiger charge is -2.16. The molecule has 1 aromatic rings. The van der Waals surface area contributed by atoms with Gasteiger partial charge in [0.05, 0.1) is 20.3 Å². The number of amides is 1. The fourth-order valence-electron chi connectivity index (χ4n) is 2.08. The van der Waals surface area contributed by atoms with Gasteiger partial charge in [0, 0.05) is 6.42 Å². The van der Waals surface area contributed by atoms with E-state index in [1.165, 1.54) is 14.2 Å². The fraction of sp³-hybridized carbons (Fsp3) is 0.429. The average Bonchev–Trinajstić information content (AvgIpc) is 2.89. The van der Waals surface area contributed by atoms with Crippen LogP contribution in [0.25, 0.3) is 0 Å². The third-order valence-electron chi connectivity index (χ3n) is 3.12. The van der Waals surface area contributed by atoms with Crippen LogP contribution in [0.5, 0.6) is 11.5 Å². The Morgan fingerprint density at radius 1 is 1.40 bits per heavy atom. The van der Waals surface area contributed by atoms with Crippen molar-refractivity contribution in [2.24, 2.45) is 0 Å². The summed E-state index contributed by atoms with van der Waals surface area (Å²) in [4.78, 5) is 22.9. The first kappa shape index (κ1) is 14.2. The summed E-state index contributed by atoms with van der Waals surface area (Å²) in [5.74, 6) is 0.321. The van der Waals surface area contributed by atoms with Gasteiger partial charge >= 0.3 is 5.97 Å². The van der Waals surface area contributed by atoms with Crippen LogP contribution in [0.3, 0.4) is 0 Å². The molecular formula is C14H17NO5. The Balaban J connectivity index is 2.15. The molecule has 0 aromatic heterocycles. The third kappa shape index (κ3) is 3.01. The van der Waals surface area contributed by atoms with Crippen molar-refractivity contribution >= 4 is 11.9 Å². The summed E-state index contributed by atoms with van der Waals surface area (Å²) in [6.07, 6.45) is 1.23. The van der Waals surface area contributed by atoms with Crippen molar-refractivity contribution in [3.8, 4) is 11.5 Å². The maximum Gasteiger partial charge on any atom is 0.341 e. The number of hydrogen-bond donors (Lipinski definition) is 1. The quantitative estimate of drug-likeness (QED) is 0.818. The van der Waals surface area contributed by atoms with E-state index in [0.717, 1.165) is 6.42 Å². The molecule has 108 valence electrons. The second kappa shape index (κ2) is 6.27. The highest BCUT2D eigenvalue weighted by Gasteiger charge is 2.23. The number of para-hydroxylation sites is 1. The van der Waals surface area contributed by atoms with Gasteiger partial charge in [-0.1, -0.05) is 6.07 Å². The van der Waals surface area contributed by atoms with Gasteiger partial charge in [0.2, 0.25) is 5.91 Å². The Hall–Kier alpha value is -2.24. The highest BCUT2D eigenvalue weighted by Crippen LogP contribution is 2.31. The Bertz CT molecular complexity index is 514. The molecule has 2 rings (SSSR count). The summed E-state index contributed by atoms with van der Waals surface area (Å²) in [7, 11) is 2.81. The van der Waals surface area contributed by atoms with Crippen LogP contribution in [-0.4, -0.2) is 38.7 Å². The zero-order valence-corrected chi connectivity index (χ0v) is 11.5. The number of rotatable bonds is 5. The lowest BCUT2D eigenvalue weighted by Crippen LogP contribution is -2.31. The normalized spacial score (nSPS) is 17.5. The van der Waals surface area contributed by atoms with E-state index >= 15 is 0 Å². The summed E-state index contributed by atoms with van der Waals surface area (Å²) < 4.78 is 15.6. The minimum Gasteiger partial charge on any atom is -0.493 e. The molecule has 0 aliphatic carbocycles. The van der Waals surface area contributed by atoms with Crippen LogP contribution in [0, 0.1) is 0 Å². The predicted molar refractivity (Wildman–Crippen MR) is 71.0 cm³/mol. The van der Waals surface area contributed by atoms with Crippen molar-refractivity contribution in [2.45, 2.75) is 18.9 Å². The Labute approximate surface area is 117 Å².